The van der Waals surface area contributed by atoms with E-state index >= 15 is 0 Å². The molecule has 0 unspecified atom stereocenters. The normalized spacial score (nSPS) is 14.3. The Morgan fingerprint density at radius 3 is 2.44 bits per heavy atom. The monoisotopic (exact) mass is 451 g/mol. The molecule has 1 N–H and O–H groups in total. The molecule has 0 saturated heterocycles. The summed E-state index contributed by atoms with van der Waals surface area (Å²) in [5.41, 5.74) is -2.58. The third-order valence-corrected chi connectivity index (χ3v) is 4.79. The van der Waals surface area contributed by atoms with Gasteiger partial charge in [0.25, 0.3) is 0 Å². The molecule has 168 valence electrons. The van der Waals surface area contributed by atoms with Crippen molar-refractivity contribution in [3.05, 3.63) is 83.4 Å². The number of aromatic nitrogens is 3. The largest absolute Gasteiger partial charge is 0.416 e. The molecule has 0 aliphatic rings. The summed E-state index contributed by atoms with van der Waals surface area (Å²) in [5.74, 6) is 3.54. The first-order valence-corrected chi connectivity index (χ1v) is 9.37. The molecule has 0 spiro atoms. The molecule has 2 atom stereocenters. The van der Waals surface area contributed by atoms with Crippen molar-refractivity contribution in [1.82, 2.24) is 14.8 Å². The fourth-order valence-corrected chi connectivity index (χ4v) is 3.02. The Hall–Kier alpha value is -3.29. The molecule has 3 rings (SSSR count). The fraction of sp³-hybridized carbons (Fsp3) is 0.273. The summed E-state index contributed by atoms with van der Waals surface area (Å²) in [6.45, 7) is 1.05. The van der Waals surface area contributed by atoms with Crippen LogP contribution in [0.15, 0.2) is 55.1 Å². The van der Waals surface area contributed by atoms with E-state index in [1.807, 2.05) is 0 Å². The number of ether oxygens (including phenoxy) is 1. The minimum Gasteiger partial charge on any atom is -0.380 e. The molecule has 0 fully saturated rings. The van der Waals surface area contributed by atoms with Gasteiger partial charge in [-0.2, -0.15) is 18.3 Å². The summed E-state index contributed by atoms with van der Waals surface area (Å²) >= 11 is 0. The minimum absolute atomic E-state index is 0.197. The van der Waals surface area contributed by atoms with Gasteiger partial charge in [0, 0.05) is 17.2 Å². The number of hydrogen-bond donors (Lipinski definition) is 1. The van der Waals surface area contributed by atoms with E-state index in [4.69, 9.17) is 4.74 Å². The molecule has 2 aromatic carbocycles. The molecular weight excluding hydrogens is 433 g/mol. The number of aliphatic hydroxyl groups is 1. The van der Waals surface area contributed by atoms with Crippen LogP contribution in [0.2, 0.25) is 0 Å². The zero-order valence-corrected chi connectivity index (χ0v) is 16.8. The number of benzene rings is 2. The van der Waals surface area contributed by atoms with Crippen molar-refractivity contribution >= 4 is 0 Å². The second kappa shape index (κ2) is 9.46. The first-order chi connectivity index (χ1) is 15.1. The Morgan fingerprint density at radius 1 is 1.12 bits per heavy atom. The van der Waals surface area contributed by atoms with Gasteiger partial charge in [-0.1, -0.05) is 17.9 Å². The zero-order valence-electron chi connectivity index (χ0n) is 16.8. The average molecular weight is 451 g/mol. The molecule has 1 aromatic heterocycles. The van der Waals surface area contributed by atoms with Crippen LogP contribution in [0.3, 0.4) is 0 Å². The highest BCUT2D eigenvalue weighted by molar-refractivity contribution is 5.37. The van der Waals surface area contributed by atoms with Crippen molar-refractivity contribution in [3.63, 3.8) is 0 Å². The predicted molar refractivity (Wildman–Crippen MR) is 104 cm³/mol. The van der Waals surface area contributed by atoms with Gasteiger partial charge in [-0.3, -0.25) is 0 Å². The highest BCUT2D eigenvalue weighted by Crippen LogP contribution is 2.32. The highest BCUT2D eigenvalue weighted by Gasteiger charge is 2.40. The first-order valence-electron chi connectivity index (χ1n) is 9.37. The van der Waals surface area contributed by atoms with Crippen molar-refractivity contribution < 1.29 is 31.8 Å². The van der Waals surface area contributed by atoms with Crippen LogP contribution in [-0.2, 0) is 23.1 Å². The van der Waals surface area contributed by atoms with Gasteiger partial charge in [0.2, 0.25) is 0 Å². The molecule has 0 aliphatic carbocycles. The van der Waals surface area contributed by atoms with Crippen LogP contribution in [-0.4, -0.2) is 32.6 Å². The standard InChI is InChI=1S/C22H18F5N3O2/c1-15(32-10-2-3-16-4-6-17(7-5-16)22(25,26)27)21(31,12-30-14-28-13-29-30)19-9-8-18(23)11-20(19)24/h4-9,11,13-15,31H,10,12H2,1H3/t15-,21-/m1/s1. The van der Waals surface area contributed by atoms with Crippen LogP contribution in [0.1, 0.15) is 23.6 Å². The molecule has 0 saturated carbocycles. The molecule has 10 heteroatoms. The fourth-order valence-electron chi connectivity index (χ4n) is 3.02. The van der Waals surface area contributed by atoms with Crippen LogP contribution < -0.4 is 0 Å². The summed E-state index contributed by atoms with van der Waals surface area (Å²) < 4.78 is 72.5. The van der Waals surface area contributed by atoms with Gasteiger partial charge in [-0.25, -0.2) is 18.4 Å². The maximum Gasteiger partial charge on any atom is 0.416 e. The van der Waals surface area contributed by atoms with E-state index in [0.29, 0.717) is 11.6 Å². The van der Waals surface area contributed by atoms with E-state index in [9.17, 15) is 27.1 Å². The van der Waals surface area contributed by atoms with Gasteiger partial charge in [-0.15, -0.1) is 0 Å². The second-order valence-electron chi connectivity index (χ2n) is 6.97. The van der Waals surface area contributed by atoms with E-state index in [-0.39, 0.29) is 18.7 Å². The third kappa shape index (κ3) is 5.49. The third-order valence-electron chi connectivity index (χ3n) is 4.79. The molecule has 3 aromatic rings. The molecule has 0 radical (unpaired) electrons. The number of nitrogens with zero attached hydrogens (tertiary/aromatic N) is 3. The van der Waals surface area contributed by atoms with E-state index in [1.54, 1.807) is 0 Å². The van der Waals surface area contributed by atoms with E-state index < -0.39 is 35.1 Å². The smallest absolute Gasteiger partial charge is 0.380 e. The lowest BCUT2D eigenvalue weighted by molar-refractivity contribution is -0.137. The number of rotatable bonds is 6. The quantitative estimate of drug-likeness (QED) is 0.456. The Morgan fingerprint density at radius 2 is 1.84 bits per heavy atom. The summed E-state index contributed by atoms with van der Waals surface area (Å²) in [4.78, 5) is 3.78. The molecule has 0 amide bonds. The molecule has 5 nitrogen and oxygen atoms in total. The van der Waals surface area contributed by atoms with Crippen molar-refractivity contribution in [2.45, 2.75) is 31.3 Å². The van der Waals surface area contributed by atoms with E-state index in [1.165, 1.54) is 36.4 Å². The maximum absolute atomic E-state index is 14.5. The predicted octanol–water partition coefficient (Wildman–Crippen LogP) is 3.92. The van der Waals surface area contributed by atoms with Gasteiger partial charge in [0.05, 0.1) is 18.2 Å². The summed E-state index contributed by atoms with van der Waals surface area (Å²) in [5, 5.41) is 15.2. The lowest BCUT2D eigenvalue weighted by Crippen LogP contribution is -2.44. The molecule has 32 heavy (non-hydrogen) atoms. The maximum atomic E-state index is 14.5. The zero-order chi connectivity index (χ0) is 23.4. The summed E-state index contributed by atoms with van der Waals surface area (Å²) in [6, 6.07) is 7.09. The molecule has 0 bridgehead atoms. The van der Waals surface area contributed by atoms with Crippen molar-refractivity contribution in [2.24, 2.45) is 0 Å². The Kier molecular flexibility index (Phi) is 6.91. The molecule has 0 aliphatic heterocycles. The van der Waals surface area contributed by atoms with Crippen molar-refractivity contribution in [2.75, 3.05) is 6.61 Å². The van der Waals surface area contributed by atoms with Crippen molar-refractivity contribution in [3.8, 4) is 11.8 Å². The second-order valence-corrected chi connectivity index (χ2v) is 6.97. The van der Waals surface area contributed by atoms with Gasteiger partial charge in [-0.05, 0) is 37.3 Å². The van der Waals surface area contributed by atoms with E-state index in [2.05, 4.69) is 21.9 Å². The van der Waals surface area contributed by atoms with Crippen LogP contribution in [0.5, 0.6) is 0 Å². The van der Waals surface area contributed by atoms with Gasteiger partial charge < -0.3 is 9.84 Å². The minimum atomic E-state index is -4.44. The number of halogens is 5. The topological polar surface area (TPSA) is 60.2 Å². The van der Waals surface area contributed by atoms with Gasteiger partial charge in [0.15, 0.2) is 0 Å². The van der Waals surface area contributed by atoms with Crippen LogP contribution >= 0.6 is 0 Å². The van der Waals surface area contributed by atoms with Crippen LogP contribution in [0.4, 0.5) is 22.0 Å². The number of hydrogen-bond acceptors (Lipinski definition) is 4. The Bertz CT molecular complexity index is 1110. The lowest BCUT2D eigenvalue weighted by atomic mass is 9.88. The Balaban J connectivity index is 1.75. The van der Waals surface area contributed by atoms with Crippen LogP contribution in [0.25, 0.3) is 0 Å². The van der Waals surface area contributed by atoms with Crippen molar-refractivity contribution in [1.29, 1.82) is 0 Å². The first kappa shape index (κ1) is 23.4. The molecule has 1 heterocycles. The summed E-state index contributed by atoms with van der Waals surface area (Å²) in [7, 11) is 0. The van der Waals surface area contributed by atoms with Gasteiger partial charge in [0.1, 0.15) is 36.5 Å². The van der Waals surface area contributed by atoms with E-state index in [0.717, 1.165) is 24.3 Å². The highest BCUT2D eigenvalue weighted by atomic mass is 19.4. The van der Waals surface area contributed by atoms with Crippen LogP contribution in [0, 0.1) is 23.5 Å². The Labute approximate surface area is 180 Å². The number of alkyl halides is 3. The SMILES string of the molecule is C[C@@H](OCC#Cc1ccc(C(F)(F)F)cc1)[C@](O)(Cn1cncn1)c1ccc(F)cc1F. The molecular formula is C22H18F5N3O2. The van der Waals surface area contributed by atoms with Gasteiger partial charge >= 0.3 is 6.18 Å². The summed E-state index contributed by atoms with van der Waals surface area (Å²) in [6.07, 6.45) is -2.89. The average Bonchev–Trinajstić information content (AvgIpc) is 3.23. The lowest BCUT2D eigenvalue weighted by Gasteiger charge is -2.34.